The van der Waals surface area contributed by atoms with Gasteiger partial charge in [0.25, 0.3) is 0 Å². The second-order valence-corrected chi connectivity index (χ2v) is 20.6. The first-order valence-electron chi connectivity index (χ1n) is 21.5. The summed E-state index contributed by atoms with van der Waals surface area (Å²) in [5.74, 6) is -0.762. The summed E-state index contributed by atoms with van der Waals surface area (Å²) in [6.07, 6.45) is -8.50. The van der Waals surface area contributed by atoms with Crippen LogP contribution in [0.3, 0.4) is 0 Å². The average molecular weight is 815 g/mol. The lowest BCUT2D eigenvalue weighted by Gasteiger charge is -2.72. The van der Waals surface area contributed by atoms with Crippen molar-refractivity contribution in [3.05, 3.63) is 11.6 Å². The summed E-state index contributed by atoms with van der Waals surface area (Å²) in [6.45, 7) is 15.8. The third-order valence-corrected chi connectivity index (χ3v) is 16.8. The number of hydrogen-bond donors (Lipinski definition) is 10. The molecule has 0 spiro atoms. The summed E-state index contributed by atoms with van der Waals surface area (Å²) >= 11 is 0. The van der Waals surface area contributed by atoms with Gasteiger partial charge in [0.1, 0.15) is 48.8 Å². The van der Waals surface area contributed by atoms with E-state index in [1.807, 2.05) is 34.6 Å². The summed E-state index contributed by atoms with van der Waals surface area (Å²) < 4.78 is 25.5. The van der Waals surface area contributed by atoms with Crippen molar-refractivity contribution in [2.24, 2.45) is 45.3 Å². The Morgan fingerprint density at radius 3 is 1.91 bits per heavy atom. The van der Waals surface area contributed by atoms with Gasteiger partial charge in [-0.05, 0) is 124 Å². The smallest absolute Gasteiger partial charge is 0.187 e. The van der Waals surface area contributed by atoms with E-state index in [-0.39, 0.29) is 23.7 Å². The molecule has 0 unspecified atom stereocenters. The van der Waals surface area contributed by atoms with Gasteiger partial charge in [0.05, 0.1) is 37.1 Å². The number of allylic oxidation sites excluding steroid dienone is 2. The van der Waals surface area contributed by atoms with Crippen LogP contribution in [0, 0.1) is 45.3 Å². The highest BCUT2D eigenvalue weighted by Gasteiger charge is 2.74. The van der Waals surface area contributed by atoms with Gasteiger partial charge in [-0.25, -0.2) is 0 Å². The molecule has 0 aromatic rings. The summed E-state index contributed by atoms with van der Waals surface area (Å²) in [5.41, 5.74) is -1.84. The Balaban J connectivity index is 1.38. The van der Waals surface area contributed by atoms with Crippen molar-refractivity contribution < 1.29 is 70.0 Å². The van der Waals surface area contributed by atoms with Crippen molar-refractivity contribution in [1.82, 2.24) is 0 Å². The van der Waals surface area contributed by atoms with E-state index in [4.69, 9.17) is 18.9 Å². The monoisotopic (exact) mass is 815 g/mol. The van der Waals surface area contributed by atoms with Gasteiger partial charge in [-0.1, -0.05) is 46.3 Å². The average Bonchev–Trinajstić information content (AvgIpc) is 3.53. The number of aliphatic hydroxyl groups excluding tert-OH is 10. The van der Waals surface area contributed by atoms with Crippen LogP contribution >= 0.6 is 0 Å². The van der Waals surface area contributed by atoms with E-state index in [9.17, 15) is 51.1 Å². The molecule has 2 saturated heterocycles. The lowest BCUT2D eigenvalue weighted by molar-refractivity contribution is -0.349. The maximum absolute atomic E-state index is 12.6. The maximum Gasteiger partial charge on any atom is 0.187 e. The number of fused-ring (bicyclic) bond motifs is 5. The number of ether oxygens (including phenoxy) is 4. The van der Waals surface area contributed by atoms with Gasteiger partial charge >= 0.3 is 0 Å². The molecule has 57 heavy (non-hydrogen) atoms. The van der Waals surface area contributed by atoms with Crippen molar-refractivity contribution in [2.75, 3.05) is 13.2 Å². The molecule has 2 heterocycles. The van der Waals surface area contributed by atoms with E-state index in [1.165, 1.54) is 5.57 Å². The maximum atomic E-state index is 12.6. The Bertz CT molecular complexity index is 1420. The Morgan fingerprint density at radius 1 is 0.754 bits per heavy atom. The fraction of sp³-hybridized carbons (Fsp3) is 0.953. The third-order valence-electron chi connectivity index (χ3n) is 16.8. The number of hydrogen-bond acceptors (Lipinski definition) is 14. The van der Waals surface area contributed by atoms with E-state index in [2.05, 4.69) is 26.8 Å². The minimum atomic E-state index is -1.61. The van der Waals surface area contributed by atoms with Crippen LogP contribution in [0.4, 0.5) is 0 Å². The second kappa shape index (κ2) is 16.5. The summed E-state index contributed by atoms with van der Waals surface area (Å²) in [4.78, 5) is 0. The number of aliphatic hydroxyl groups is 10. The molecule has 0 aromatic heterocycles. The first-order valence-corrected chi connectivity index (χ1v) is 21.5. The lowest BCUT2D eigenvalue weighted by Crippen LogP contribution is -2.71. The minimum Gasteiger partial charge on any atom is -0.394 e. The van der Waals surface area contributed by atoms with Crippen LogP contribution in [0.1, 0.15) is 113 Å². The zero-order valence-electron chi connectivity index (χ0n) is 35.3. The van der Waals surface area contributed by atoms with Gasteiger partial charge in [-0.2, -0.15) is 0 Å². The molecule has 10 N–H and O–H groups in total. The van der Waals surface area contributed by atoms with Crippen molar-refractivity contribution in [1.29, 1.82) is 0 Å². The Hall–Kier alpha value is -0.820. The van der Waals surface area contributed by atoms with Crippen molar-refractivity contribution in [3.63, 3.8) is 0 Å². The molecule has 4 aliphatic carbocycles. The zero-order chi connectivity index (χ0) is 42.2. The van der Waals surface area contributed by atoms with Gasteiger partial charge in [-0.15, -0.1) is 0 Å². The van der Waals surface area contributed by atoms with E-state index in [0.29, 0.717) is 38.5 Å². The number of rotatable bonds is 11. The molecule has 21 atom stereocenters. The minimum absolute atomic E-state index is 0.00159. The van der Waals surface area contributed by atoms with Gasteiger partial charge in [0, 0.05) is 0 Å². The van der Waals surface area contributed by atoms with Gasteiger partial charge in [-0.3, -0.25) is 0 Å². The zero-order valence-corrected chi connectivity index (χ0v) is 35.3. The molecule has 6 aliphatic rings. The Labute approximate surface area is 338 Å². The molecule has 330 valence electrons. The molecule has 14 heteroatoms. The quantitative estimate of drug-likeness (QED) is 0.0809. The van der Waals surface area contributed by atoms with Gasteiger partial charge < -0.3 is 70.0 Å². The van der Waals surface area contributed by atoms with Crippen LogP contribution in [-0.4, -0.2) is 150 Å². The highest BCUT2D eigenvalue weighted by Crippen LogP contribution is 2.76. The molecule has 0 bridgehead atoms. The van der Waals surface area contributed by atoms with Crippen molar-refractivity contribution in [3.8, 4) is 0 Å². The van der Waals surface area contributed by atoms with Crippen molar-refractivity contribution in [2.45, 2.75) is 199 Å². The largest absolute Gasteiger partial charge is 0.394 e. The standard InChI is InChI=1S/C43H74O14/c1-21(2)11-9-10-14-43(8,57-38-35(53)33(51)31(49)26(20-45)56-38)22-12-16-41(6)29(22)23(46)17-27-40(5)15-13-28(47)39(3,4)36(40)24(18-42(27,41)7)54-37-34(52)32(50)30(48)25(19-44)55-37/h11,22-38,44-53H,9-10,12-20H2,1-8H3/t22-,23+,24-,25+,26+,27+,28-,29+,30+,31+,32-,33-,34+,35+,36-,37+,38-,40+,41+,42+,43-/m0/s1. The fourth-order valence-corrected chi connectivity index (χ4v) is 13.7. The second-order valence-electron chi connectivity index (χ2n) is 20.6. The molecule has 0 amide bonds. The van der Waals surface area contributed by atoms with E-state index < -0.39 is 120 Å². The Kier molecular flexibility index (Phi) is 13.2. The van der Waals surface area contributed by atoms with Crippen LogP contribution in [0.2, 0.25) is 0 Å². The van der Waals surface area contributed by atoms with Gasteiger partial charge in [0.2, 0.25) is 0 Å². The lowest BCUT2D eigenvalue weighted by atomic mass is 9.34. The fourth-order valence-electron chi connectivity index (χ4n) is 13.7. The third kappa shape index (κ3) is 7.51. The van der Waals surface area contributed by atoms with Crippen LogP contribution in [0.15, 0.2) is 11.6 Å². The molecule has 14 nitrogen and oxygen atoms in total. The summed E-state index contributed by atoms with van der Waals surface area (Å²) in [7, 11) is 0. The van der Waals surface area contributed by atoms with Crippen LogP contribution in [0.5, 0.6) is 0 Å². The van der Waals surface area contributed by atoms with Crippen LogP contribution in [-0.2, 0) is 18.9 Å². The first kappa shape index (κ1) is 45.7. The van der Waals surface area contributed by atoms with Crippen LogP contribution < -0.4 is 0 Å². The van der Waals surface area contributed by atoms with Crippen LogP contribution in [0.25, 0.3) is 0 Å². The van der Waals surface area contributed by atoms with E-state index >= 15 is 0 Å². The summed E-state index contributed by atoms with van der Waals surface area (Å²) in [5, 5.41) is 109. The highest BCUT2D eigenvalue weighted by atomic mass is 16.7. The predicted molar refractivity (Wildman–Crippen MR) is 207 cm³/mol. The normalized spacial score (nSPS) is 51.9. The molecule has 0 radical (unpaired) electrons. The SMILES string of the molecule is CC(C)=CCCC[C@](C)(O[C@@H]1O[C@H](CO)[C@@H](O)[C@H](O)[C@H]1O)[C@H]1CC[C@]2(C)[C@H]1[C@H](O)C[C@@H]1[C@@]3(C)CC[C@H](O)C(C)(C)[C@@H]3[C@@H](O[C@@H]3O[C@H](CO)[C@@H](O)[C@H](O)[C@H]3O)C[C@]12C. The molecular weight excluding hydrogens is 740 g/mol. The first-order chi connectivity index (χ1) is 26.5. The molecular formula is C43H74O14. The molecule has 0 aromatic carbocycles. The number of unbranched alkanes of at least 4 members (excludes halogenated alkanes) is 1. The molecule has 2 aliphatic heterocycles. The Morgan fingerprint density at radius 2 is 1.33 bits per heavy atom. The molecule has 4 saturated carbocycles. The predicted octanol–water partition coefficient (Wildman–Crippen LogP) is 1.51. The van der Waals surface area contributed by atoms with Crippen molar-refractivity contribution >= 4 is 0 Å². The molecule has 6 rings (SSSR count). The van der Waals surface area contributed by atoms with E-state index in [1.54, 1.807) is 0 Å². The highest BCUT2D eigenvalue weighted by molar-refractivity contribution is 5.22. The summed E-state index contributed by atoms with van der Waals surface area (Å²) in [6, 6.07) is 0. The topological polar surface area (TPSA) is 239 Å². The molecule has 6 fully saturated rings. The van der Waals surface area contributed by atoms with Gasteiger partial charge in [0.15, 0.2) is 12.6 Å². The van der Waals surface area contributed by atoms with E-state index in [0.717, 1.165) is 19.3 Å².